The number of fused-ring (bicyclic) bond motifs is 2. The average molecular weight is 246 g/mol. The molecule has 9 atom stereocenters. The van der Waals surface area contributed by atoms with Crippen molar-refractivity contribution in [3.63, 3.8) is 0 Å². The Hall–Kier alpha value is -0.530. The summed E-state index contributed by atoms with van der Waals surface area (Å²) in [6.45, 7) is 5.99. The Balaban J connectivity index is 1.50. The topological polar surface area (TPSA) is 26.3 Å². The smallest absolute Gasteiger partial charge is 0.310 e. The lowest BCUT2D eigenvalue weighted by Crippen LogP contribution is -2.47. The van der Waals surface area contributed by atoms with E-state index in [4.69, 9.17) is 4.74 Å². The molecule has 5 aliphatic carbocycles. The Morgan fingerprint density at radius 2 is 1.50 bits per heavy atom. The van der Waals surface area contributed by atoms with Crippen LogP contribution in [0.1, 0.15) is 33.6 Å². The molecule has 0 amide bonds. The molecule has 9 unspecified atom stereocenters. The average Bonchev–Trinajstić information content (AvgIpc) is 2.72. The maximum atomic E-state index is 12.5. The zero-order valence-electron chi connectivity index (χ0n) is 11.4. The largest absolute Gasteiger partial charge is 0.460 e. The van der Waals surface area contributed by atoms with Crippen LogP contribution in [0.5, 0.6) is 0 Å². The van der Waals surface area contributed by atoms with Crippen LogP contribution in [0.2, 0.25) is 0 Å². The Morgan fingerprint density at radius 1 is 0.889 bits per heavy atom. The van der Waals surface area contributed by atoms with Crippen LogP contribution < -0.4 is 0 Å². The molecule has 2 nitrogen and oxygen atoms in total. The van der Waals surface area contributed by atoms with E-state index in [1.54, 1.807) is 0 Å². The third-order valence-corrected chi connectivity index (χ3v) is 7.00. The second-order valence-electron chi connectivity index (χ2n) is 8.50. The third-order valence-electron chi connectivity index (χ3n) is 7.00. The van der Waals surface area contributed by atoms with Crippen LogP contribution in [0.15, 0.2) is 0 Å². The van der Waals surface area contributed by atoms with Crippen LogP contribution in [0.25, 0.3) is 0 Å². The Morgan fingerprint density at radius 3 is 2.17 bits per heavy atom. The number of rotatable bonds is 1. The molecule has 0 aromatic heterocycles. The summed E-state index contributed by atoms with van der Waals surface area (Å²) in [6.07, 6.45) is 2.91. The fourth-order valence-electron chi connectivity index (χ4n) is 7.16. The number of hydrogen-bond acceptors (Lipinski definition) is 2. The van der Waals surface area contributed by atoms with Gasteiger partial charge in [0.15, 0.2) is 0 Å². The highest BCUT2D eigenvalue weighted by Gasteiger charge is 2.81. The lowest BCUT2D eigenvalue weighted by atomic mass is 9.57. The molecule has 5 saturated carbocycles. The van der Waals surface area contributed by atoms with E-state index in [0.29, 0.717) is 0 Å². The maximum Gasteiger partial charge on any atom is 0.310 e. The minimum atomic E-state index is -0.315. The molecule has 18 heavy (non-hydrogen) atoms. The SMILES string of the molecule is CC(C)(C)OC(=O)C1C2C3CC4C5C3CC2C5C41. The number of ether oxygens (including phenoxy) is 1. The molecular weight excluding hydrogens is 224 g/mol. The fourth-order valence-corrected chi connectivity index (χ4v) is 7.16. The summed E-state index contributed by atoms with van der Waals surface area (Å²) in [7, 11) is 0. The van der Waals surface area contributed by atoms with Crippen LogP contribution in [0, 0.1) is 53.3 Å². The quantitative estimate of drug-likeness (QED) is 0.665. The van der Waals surface area contributed by atoms with Crippen molar-refractivity contribution in [2.24, 2.45) is 53.3 Å². The van der Waals surface area contributed by atoms with Crippen molar-refractivity contribution in [1.29, 1.82) is 0 Å². The molecule has 0 N–H and O–H groups in total. The first kappa shape index (κ1) is 10.3. The van der Waals surface area contributed by atoms with E-state index < -0.39 is 0 Å². The van der Waals surface area contributed by atoms with Crippen LogP contribution >= 0.6 is 0 Å². The van der Waals surface area contributed by atoms with Crippen molar-refractivity contribution in [2.45, 2.75) is 39.2 Å². The van der Waals surface area contributed by atoms with Crippen LogP contribution in [0.4, 0.5) is 0 Å². The standard InChI is InChI=1S/C16H22O2/c1-16(2,3)18-15(17)14-11-7-5-8-10-6(7)4-9(11)12(10)13(8)14/h6-14H,4-5H2,1-3H3. The number of carbonyl (C=O) groups excluding carboxylic acids is 1. The van der Waals surface area contributed by atoms with Gasteiger partial charge in [-0.05, 0) is 81.0 Å². The number of esters is 1. The zero-order valence-corrected chi connectivity index (χ0v) is 11.4. The van der Waals surface area contributed by atoms with Crippen molar-refractivity contribution in [3.05, 3.63) is 0 Å². The fraction of sp³-hybridized carbons (Fsp3) is 0.938. The van der Waals surface area contributed by atoms with Gasteiger partial charge >= 0.3 is 5.97 Å². The highest BCUT2D eigenvalue weighted by atomic mass is 16.6. The summed E-state index contributed by atoms with van der Waals surface area (Å²) < 4.78 is 5.72. The minimum Gasteiger partial charge on any atom is -0.460 e. The van der Waals surface area contributed by atoms with Crippen molar-refractivity contribution in [2.75, 3.05) is 0 Å². The molecule has 0 aromatic carbocycles. The molecular formula is C16H22O2. The predicted octanol–water partition coefficient (Wildman–Crippen LogP) is 2.72. The van der Waals surface area contributed by atoms with Gasteiger partial charge < -0.3 is 4.74 Å². The van der Waals surface area contributed by atoms with Gasteiger partial charge in [-0.25, -0.2) is 0 Å². The molecule has 2 heteroatoms. The van der Waals surface area contributed by atoms with Crippen LogP contribution in [0.3, 0.4) is 0 Å². The summed E-state index contributed by atoms with van der Waals surface area (Å²) in [5.41, 5.74) is -0.315. The van der Waals surface area contributed by atoms with E-state index in [-0.39, 0.29) is 17.5 Å². The summed E-state index contributed by atoms with van der Waals surface area (Å²) in [5.74, 6) is 7.56. The molecule has 0 heterocycles. The Labute approximate surface area is 108 Å². The zero-order chi connectivity index (χ0) is 12.4. The molecule has 0 aromatic rings. The van der Waals surface area contributed by atoms with Crippen molar-refractivity contribution < 1.29 is 9.53 Å². The lowest BCUT2D eigenvalue weighted by Gasteiger charge is -2.47. The second kappa shape index (κ2) is 2.66. The molecule has 0 radical (unpaired) electrons. The third kappa shape index (κ3) is 0.886. The first-order valence-electron chi connectivity index (χ1n) is 7.70. The van der Waals surface area contributed by atoms with Crippen LogP contribution in [-0.4, -0.2) is 11.6 Å². The summed E-state index contributed by atoms with van der Waals surface area (Å²) in [6, 6.07) is 0. The molecule has 0 saturated heterocycles. The molecule has 98 valence electrons. The van der Waals surface area contributed by atoms with Gasteiger partial charge in [-0.2, -0.15) is 0 Å². The molecule has 0 aliphatic heterocycles. The first-order chi connectivity index (χ1) is 8.47. The lowest BCUT2D eigenvalue weighted by molar-refractivity contribution is -0.168. The van der Waals surface area contributed by atoms with E-state index in [9.17, 15) is 4.79 Å². The second-order valence-corrected chi connectivity index (χ2v) is 8.50. The van der Waals surface area contributed by atoms with E-state index in [1.165, 1.54) is 12.8 Å². The van der Waals surface area contributed by atoms with Crippen molar-refractivity contribution >= 4 is 5.97 Å². The minimum absolute atomic E-state index is 0.140. The number of carbonyl (C=O) groups is 1. The van der Waals surface area contributed by atoms with Gasteiger partial charge in [0.25, 0.3) is 0 Å². The highest BCUT2D eigenvalue weighted by Crippen LogP contribution is 2.84. The highest BCUT2D eigenvalue weighted by molar-refractivity contribution is 5.75. The molecule has 5 fully saturated rings. The van der Waals surface area contributed by atoms with E-state index >= 15 is 0 Å². The molecule has 5 aliphatic rings. The van der Waals surface area contributed by atoms with Gasteiger partial charge in [-0.1, -0.05) is 0 Å². The molecule has 0 spiro atoms. The Bertz CT molecular complexity index is 443. The monoisotopic (exact) mass is 246 g/mol. The van der Waals surface area contributed by atoms with Gasteiger partial charge in [-0.15, -0.1) is 0 Å². The van der Waals surface area contributed by atoms with Gasteiger partial charge in [0, 0.05) is 0 Å². The molecule has 2 bridgehead atoms. The molecule has 5 rings (SSSR count). The van der Waals surface area contributed by atoms with Crippen molar-refractivity contribution in [1.82, 2.24) is 0 Å². The van der Waals surface area contributed by atoms with E-state index in [2.05, 4.69) is 0 Å². The summed E-state index contributed by atoms with van der Waals surface area (Å²) in [4.78, 5) is 12.5. The van der Waals surface area contributed by atoms with Crippen LogP contribution in [-0.2, 0) is 9.53 Å². The first-order valence-corrected chi connectivity index (χ1v) is 7.70. The predicted molar refractivity (Wildman–Crippen MR) is 66.5 cm³/mol. The number of hydrogen-bond donors (Lipinski definition) is 0. The van der Waals surface area contributed by atoms with Gasteiger partial charge in [0.05, 0.1) is 5.92 Å². The van der Waals surface area contributed by atoms with Gasteiger partial charge in [0.2, 0.25) is 0 Å². The normalized spacial score (nSPS) is 61.4. The maximum absolute atomic E-state index is 12.5. The van der Waals surface area contributed by atoms with E-state index in [0.717, 1.165) is 47.3 Å². The summed E-state index contributed by atoms with van der Waals surface area (Å²) in [5, 5.41) is 0. The Kier molecular flexibility index (Phi) is 1.52. The van der Waals surface area contributed by atoms with E-state index in [1.807, 2.05) is 20.8 Å². The van der Waals surface area contributed by atoms with Gasteiger partial charge in [0.1, 0.15) is 5.60 Å². The van der Waals surface area contributed by atoms with Gasteiger partial charge in [-0.3, -0.25) is 4.79 Å². The van der Waals surface area contributed by atoms with Crippen molar-refractivity contribution in [3.8, 4) is 0 Å². The summed E-state index contributed by atoms with van der Waals surface area (Å²) >= 11 is 0.